The van der Waals surface area contributed by atoms with Crippen molar-refractivity contribution < 1.29 is 4.74 Å². The molecular formula is C11H16N2O. The molecule has 0 amide bonds. The second-order valence-corrected chi connectivity index (χ2v) is 3.61. The summed E-state index contributed by atoms with van der Waals surface area (Å²) >= 11 is 0. The predicted molar refractivity (Wildman–Crippen MR) is 55.2 cm³/mol. The Morgan fingerprint density at radius 1 is 1.57 bits per heavy atom. The standard InChI is InChI=1S/C11H16N2O/c1-2-10-9(7-12)11(5-6-13-10)14-8-3-4-8/h5-6,8H,2-4,7,12H2,1H3. The Morgan fingerprint density at radius 3 is 2.93 bits per heavy atom. The summed E-state index contributed by atoms with van der Waals surface area (Å²) in [4.78, 5) is 4.30. The van der Waals surface area contributed by atoms with E-state index in [4.69, 9.17) is 10.5 Å². The Bertz CT molecular complexity index is 321. The summed E-state index contributed by atoms with van der Waals surface area (Å²) in [6.45, 7) is 2.60. The third-order valence-electron chi connectivity index (χ3n) is 2.46. The van der Waals surface area contributed by atoms with E-state index in [9.17, 15) is 0 Å². The topological polar surface area (TPSA) is 48.1 Å². The summed E-state index contributed by atoms with van der Waals surface area (Å²) in [5.74, 6) is 0.932. The Labute approximate surface area is 84.3 Å². The average molecular weight is 192 g/mol. The van der Waals surface area contributed by atoms with Crippen LogP contribution in [0.25, 0.3) is 0 Å². The van der Waals surface area contributed by atoms with Gasteiger partial charge in [-0.15, -0.1) is 0 Å². The number of ether oxygens (including phenoxy) is 1. The minimum atomic E-state index is 0.424. The first-order valence-corrected chi connectivity index (χ1v) is 5.18. The second kappa shape index (κ2) is 3.96. The van der Waals surface area contributed by atoms with Gasteiger partial charge in [-0.3, -0.25) is 4.98 Å². The van der Waals surface area contributed by atoms with Crippen molar-refractivity contribution >= 4 is 0 Å². The molecule has 76 valence electrons. The van der Waals surface area contributed by atoms with Crippen LogP contribution in [0.5, 0.6) is 5.75 Å². The molecule has 0 aliphatic heterocycles. The molecule has 0 unspecified atom stereocenters. The highest BCUT2D eigenvalue weighted by Gasteiger charge is 2.24. The molecule has 0 aromatic carbocycles. The molecule has 0 spiro atoms. The number of rotatable bonds is 4. The largest absolute Gasteiger partial charge is 0.490 e. The number of nitrogens with zero attached hydrogens (tertiary/aromatic N) is 1. The lowest BCUT2D eigenvalue weighted by molar-refractivity contribution is 0.299. The molecule has 1 aromatic heterocycles. The van der Waals surface area contributed by atoms with Crippen molar-refractivity contribution in [1.82, 2.24) is 4.98 Å². The quantitative estimate of drug-likeness (QED) is 0.789. The maximum atomic E-state index is 5.77. The van der Waals surface area contributed by atoms with Gasteiger partial charge in [0.05, 0.1) is 6.10 Å². The summed E-state index contributed by atoms with van der Waals surface area (Å²) in [5, 5.41) is 0. The molecule has 1 saturated carbocycles. The van der Waals surface area contributed by atoms with E-state index in [2.05, 4.69) is 11.9 Å². The maximum absolute atomic E-state index is 5.77. The molecular weight excluding hydrogens is 176 g/mol. The molecule has 1 aliphatic carbocycles. The predicted octanol–water partition coefficient (Wildman–Crippen LogP) is 1.64. The van der Waals surface area contributed by atoms with Crippen LogP contribution in [0.2, 0.25) is 0 Å². The zero-order valence-electron chi connectivity index (χ0n) is 8.49. The summed E-state index contributed by atoms with van der Waals surface area (Å²) in [6, 6.07) is 1.92. The molecule has 1 heterocycles. The molecule has 2 rings (SSSR count). The van der Waals surface area contributed by atoms with Crippen LogP contribution in [0.4, 0.5) is 0 Å². The van der Waals surface area contributed by atoms with Gasteiger partial charge in [0, 0.05) is 24.0 Å². The fourth-order valence-electron chi connectivity index (χ4n) is 1.51. The molecule has 2 N–H and O–H groups in total. The van der Waals surface area contributed by atoms with Crippen molar-refractivity contribution in [1.29, 1.82) is 0 Å². The van der Waals surface area contributed by atoms with Crippen LogP contribution >= 0.6 is 0 Å². The van der Waals surface area contributed by atoms with Gasteiger partial charge in [0.15, 0.2) is 0 Å². The molecule has 0 atom stereocenters. The lowest BCUT2D eigenvalue weighted by atomic mass is 10.1. The molecule has 1 fully saturated rings. The zero-order chi connectivity index (χ0) is 9.97. The first kappa shape index (κ1) is 9.46. The van der Waals surface area contributed by atoms with Crippen LogP contribution < -0.4 is 10.5 Å². The highest BCUT2D eigenvalue weighted by molar-refractivity contribution is 5.36. The Kier molecular flexibility index (Phi) is 2.68. The molecule has 1 aromatic rings. The molecule has 0 saturated heterocycles. The van der Waals surface area contributed by atoms with E-state index >= 15 is 0 Å². The van der Waals surface area contributed by atoms with Crippen LogP contribution in [0.3, 0.4) is 0 Å². The van der Waals surface area contributed by atoms with Crippen LogP contribution in [-0.2, 0) is 13.0 Å². The summed E-state index contributed by atoms with van der Waals surface area (Å²) < 4.78 is 5.77. The number of aromatic nitrogens is 1. The number of pyridine rings is 1. The summed E-state index contributed by atoms with van der Waals surface area (Å²) in [7, 11) is 0. The van der Waals surface area contributed by atoms with Gasteiger partial charge in [-0.05, 0) is 25.3 Å². The third-order valence-corrected chi connectivity index (χ3v) is 2.46. The molecule has 0 bridgehead atoms. The Morgan fingerprint density at radius 2 is 2.36 bits per heavy atom. The highest BCUT2D eigenvalue weighted by atomic mass is 16.5. The Balaban J connectivity index is 2.26. The van der Waals surface area contributed by atoms with Gasteiger partial charge in [0.25, 0.3) is 0 Å². The van der Waals surface area contributed by atoms with Crippen molar-refractivity contribution in [2.24, 2.45) is 5.73 Å². The van der Waals surface area contributed by atoms with Crippen LogP contribution in [-0.4, -0.2) is 11.1 Å². The molecule has 3 heteroatoms. The zero-order valence-corrected chi connectivity index (χ0v) is 8.49. The number of hydrogen-bond donors (Lipinski definition) is 1. The van der Waals surface area contributed by atoms with Crippen molar-refractivity contribution in [2.45, 2.75) is 38.8 Å². The van der Waals surface area contributed by atoms with Gasteiger partial charge < -0.3 is 10.5 Å². The minimum Gasteiger partial charge on any atom is -0.490 e. The van der Waals surface area contributed by atoms with Gasteiger partial charge in [0.1, 0.15) is 5.75 Å². The van der Waals surface area contributed by atoms with Gasteiger partial charge >= 0.3 is 0 Å². The van der Waals surface area contributed by atoms with E-state index in [-0.39, 0.29) is 0 Å². The first-order chi connectivity index (χ1) is 6.85. The lowest BCUT2D eigenvalue weighted by Crippen LogP contribution is -2.08. The van der Waals surface area contributed by atoms with Crippen molar-refractivity contribution in [3.05, 3.63) is 23.5 Å². The van der Waals surface area contributed by atoms with Gasteiger partial charge in [-0.1, -0.05) is 6.92 Å². The lowest BCUT2D eigenvalue weighted by Gasteiger charge is -2.11. The fraction of sp³-hybridized carbons (Fsp3) is 0.545. The van der Waals surface area contributed by atoms with Crippen molar-refractivity contribution in [3.8, 4) is 5.75 Å². The monoisotopic (exact) mass is 192 g/mol. The summed E-state index contributed by atoms with van der Waals surface area (Å²) in [5.41, 5.74) is 7.84. The van der Waals surface area contributed by atoms with E-state index in [1.54, 1.807) is 6.20 Å². The number of nitrogens with two attached hydrogens (primary N) is 1. The number of hydrogen-bond acceptors (Lipinski definition) is 3. The summed E-state index contributed by atoms with van der Waals surface area (Å²) in [6.07, 6.45) is 5.48. The molecule has 1 aliphatic rings. The van der Waals surface area contributed by atoms with E-state index < -0.39 is 0 Å². The van der Waals surface area contributed by atoms with E-state index in [1.165, 1.54) is 12.8 Å². The first-order valence-electron chi connectivity index (χ1n) is 5.18. The Hall–Kier alpha value is -1.09. The fourth-order valence-corrected chi connectivity index (χ4v) is 1.51. The van der Waals surface area contributed by atoms with Crippen LogP contribution in [0.1, 0.15) is 31.0 Å². The van der Waals surface area contributed by atoms with E-state index in [0.29, 0.717) is 12.6 Å². The van der Waals surface area contributed by atoms with E-state index in [0.717, 1.165) is 23.4 Å². The molecule has 3 nitrogen and oxygen atoms in total. The smallest absolute Gasteiger partial charge is 0.127 e. The maximum Gasteiger partial charge on any atom is 0.127 e. The van der Waals surface area contributed by atoms with Gasteiger partial charge in [0.2, 0.25) is 0 Å². The average Bonchev–Trinajstić information content (AvgIpc) is 3.01. The van der Waals surface area contributed by atoms with E-state index in [1.807, 2.05) is 6.07 Å². The normalized spacial score (nSPS) is 15.6. The van der Waals surface area contributed by atoms with Crippen molar-refractivity contribution in [2.75, 3.05) is 0 Å². The van der Waals surface area contributed by atoms with Crippen LogP contribution in [0, 0.1) is 0 Å². The highest BCUT2D eigenvalue weighted by Crippen LogP contribution is 2.29. The van der Waals surface area contributed by atoms with Gasteiger partial charge in [-0.2, -0.15) is 0 Å². The van der Waals surface area contributed by atoms with Crippen molar-refractivity contribution in [3.63, 3.8) is 0 Å². The second-order valence-electron chi connectivity index (χ2n) is 3.61. The third kappa shape index (κ3) is 1.87. The van der Waals surface area contributed by atoms with Gasteiger partial charge in [-0.25, -0.2) is 0 Å². The van der Waals surface area contributed by atoms with Crippen LogP contribution in [0.15, 0.2) is 12.3 Å². The SMILES string of the molecule is CCc1nccc(OC2CC2)c1CN. The molecule has 14 heavy (non-hydrogen) atoms. The molecule has 0 radical (unpaired) electrons. The number of aryl methyl sites for hydroxylation is 1. The minimum absolute atomic E-state index is 0.424.